The van der Waals surface area contributed by atoms with Crippen molar-refractivity contribution < 1.29 is 26.8 Å². The molecule has 2 amide bonds. The van der Waals surface area contributed by atoms with Gasteiger partial charge in [0.2, 0.25) is 11.8 Å². The Morgan fingerprint density at radius 2 is 1.46 bits per heavy atom. The molecule has 0 saturated heterocycles. The van der Waals surface area contributed by atoms with Crippen molar-refractivity contribution in [3.63, 3.8) is 0 Å². The summed E-state index contributed by atoms with van der Waals surface area (Å²) in [7, 11) is -4.22. The molecule has 0 radical (unpaired) electrons. The van der Waals surface area contributed by atoms with Gasteiger partial charge in [-0.3, -0.25) is 13.9 Å². The van der Waals surface area contributed by atoms with Crippen molar-refractivity contribution >= 4 is 27.5 Å². The molecule has 0 heterocycles. The van der Waals surface area contributed by atoms with Crippen LogP contribution in [-0.2, 0) is 26.2 Å². The van der Waals surface area contributed by atoms with Crippen LogP contribution in [0.4, 0.5) is 14.5 Å². The molecule has 3 aromatic rings. The third-order valence-corrected chi connectivity index (χ3v) is 7.50. The van der Waals surface area contributed by atoms with Gasteiger partial charge in [-0.05, 0) is 67.4 Å². The van der Waals surface area contributed by atoms with Crippen molar-refractivity contribution in [3.8, 4) is 0 Å². The lowest BCUT2D eigenvalue weighted by atomic mass is 10.1. The van der Waals surface area contributed by atoms with Crippen LogP contribution in [0, 0.1) is 11.6 Å². The number of amides is 2. The Balaban J connectivity index is 1.99. The quantitative estimate of drug-likeness (QED) is 0.405. The minimum absolute atomic E-state index is 0.0500. The van der Waals surface area contributed by atoms with Gasteiger partial charge in [-0.25, -0.2) is 17.2 Å². The van der Waals surface area contributed by atoms with E-state index in [1.54, 1.807) is 25.1 Å². The predicted octanol–water partition coefficient (Wildman–Crippen LogP) is 4.10. The monoisotopic (exact) mass is 529 g/mol. The fraction of sp³-hybridized carbons (Fsp3) is 0.259. The number of benzene rings is 3. The summed E-state index contributed by atoms with van der Waals surface area (Å²) in [6.45, 7) is 3.14. The number of sulfonamides is 1. The van der Waals surface area contributed by atoms with Gasteiger partial charge >= 0.3 is 0 Å². The molecule has 0 aliphatic rings. The second-order valence-corrected chi connectivity index (χ2v) is 10.3. The highest BCUT2D eigenvalue weighted by molar-refractivity contribution is 7.92. The van der Waals surface area contributed by atoms with E-state index in [9.17, 15) is 26.8 Å². The normalized spacial score (nSPS) is 12.0. The lowest BCUT2D eigenvalue weighted by Gasteiger charge is -2.32. The van der Waals surface area contributed by atoms with E-state index in [0.29, 0.717) is 18.5 Å². The van der Waals surface area contributed by atoms with Crippen LogP contribution in [0.1, 0.15) is 25.8 Å². The van der Waals surface area contributed by atoms with Crippen molar-refractivity contribution in [1.29, 1.82) is 0 Å². The second-order valence-electron chi connectivity index (χ2n) is 8.42. The lowest BCUT2D eigenvalue weighted by molar-refractivity contribution is -0.139. The number of hydrogen-bond acceptors (Lipinski definition) is 4. The first kappa shape index (κ1) is 27.8. The third kappa shape index (κ3) is 7.13. The van der Waals surface area contributed by atoms with E-state index in [4.69, 9.17) is 0 Å². The van der Waals surface area contributed by atoms with E-state index in [1.165, 1.54) is 53.4 Å². The zero-order valence-electron chi connectivity index (χ0n) is 20.6. The summed E-state index contributed by atoms with van der Waals surface area (Å²) in [5, 5.41) is 2.74. The largest absolute Gasteiger partial charge is 0.354 e. The highest BCUT2D eigenvalue weighted by Gasteiger charge is 2.32. The van der Waals surface area contributed by atoms with E-state index in [2.05, 4.69) is 5.32 Å². The molecule has 0 aliphatic heterocycles. The Kier molecular flexibility index (Phi) is 9.35. The van der Waals surface area contributed by atoms with Crippen LogP contribution >= 0.6 is 0 Å². The molecule has 10 heteroatoms. The molecule has 1 N–H and O–H groups in total. The fourth-order valence-corrected chi connectivity index (χ4v) is 5.06. The van der Waals surface area contributed by atoms with Gasteiger partial charge in [0, 0.05) is 13.1 Å². The van der Waals surface area contributed by atoms with Crippen LogP contribution in [0.3, 0.4) is 0 Å². The van der Waals surface area contributed by atoms with Gasteiger partial charge in [0.15, 0.2) is 0 Å². The molecule has 0 bridgehead atoms. The Hall–Kier alpha value is -3.79. The van der Waals surface area contributed by atoms with E-state index < -0.39 is 46.1 Å². The molecular weight excluding hydrogens is 500 g/mol. The molecule has 0 saturated carbocycles. The highest BCUT2D eigenvalue weighted by atomic mass is 32.2. The smallest absolute Gasteiger partial charge is 0.264 e. The average Bonchev–Trinajstić information content (AvgIpc) is 2.90. The Morgan fingerprint density at radius 3 is 2.03 bits per heavy atom. The first-order valence-corrected chi connectivity index (χ1v) is 13.2. The number of anilines is 1. The Morgan fingerprint density at radius 1 is 0.892 bits per heavy atom. The summed E-state index contributed by atoms with van der Waals surface area (Å²) < 4.78 is 55.1. The maximum atomic E-state index is 13.7. The fourth-order valence-electron chi connectivity index (χ4n) is 3.62. The predicted molar refractivity (Wildman–Crippen MR) is 137 cm³/mol. The maximum Gasteiger partial charge on any atom is 0.264 e. The van der Waals surface area contributed by atoms with Crippen molar-refractivity contribution in [1.82, 2.24) is 10.2 Å². The molecule has 0 aromatic heterocycles. The van der Waals surface area contributed by atoms with Crippen LogP contribution in [0.2, 0.25) is 0 Å². The van der Waals surface area contributed by atoms with Crippen molar-refractivity contribution in [2.45, 2.75) is 37.8 Å². The van der Waals surface area contributed by atoms with Crippen LogP contribution in [0.5, 0.6) is 0 Å². The first-order valence-electron chi connectivity index (χ1n) is 11.8. The first-order chi connectivity index (χ1) is 17.6. The number of rotatable bonds is 11. The summed E-state index contributed by atoms with van der Waals surface area (Å²) in [6.07, 6.45) is 0.692. The van der Waals surface area contributed by atoms with Gasteiger partial charge in [-0.1, -0.05) is 37.3 Å². The second kappa shape index (κ2) is 12.4. The zero-order chi connectivity index (χ0) is 27.0. The maximum absolute atomic E-state index is 13.7. The summed E-state index contributed by atoms with van der Waals surface area (Å²) in [5.41, 5.74) is 0.646. The van der Waals surface area contributed by atoms with E-state index in [1.807, 2.05) is 6.92 Å². The van der Waals surface area contributed by atoms with Crippen LogP contribution in [0.15, 0.2) is 83.8 Å². The molecule has 37 heavy (non-hydrogen) atoms. The summed E-state index contributed by atoms with van der Waals surface area (Å²) in [4.78, 5) is 27.6. The number of hydrogen-bond donors (Lipinski definition) is 1. The highest BCUT2D eigenvalue weighted by Crippen LogP contribution is 2.25. The lowest BCUT2D eigenvalue weighted by Crippen LogP contribution is -2.51. The molecule has 1 atom stereocenters. The standard InChI is InChI=1S/C27H29F2N3O4S/c1-3-17-30-27(34)20(2)31(18-21-9-11-22(28)12-10-21)26(33)19-32(24-15-13-23(29)14-16-24)37(35,36)25-7-5-4-6-8-25/h4-16,20H,3,17-19H2,1-2H3,(H,30,34). The van der Waals surface area contributed by atoms with Gasteiger partial charge in [0.25, 0.3) is 10.0 Å². The molecule has 0 aliphatic carbocycles. The molecule has 0 spiro atoms. The average molecular weight is 530 g/mol. The van der Waals surface area contributed by atoms with Gasteiger partial charge in [0.1, 0.15) is 24.2 Å². The minimum Gasteiger partial charge on any atom is -0.354 e. The summed E-state index contributed by atoms with van der Waals surface area (Å²) in [5.74, 6) is -2.08. The molecule has 1 unspecified atom stereocenters. The van der Waals surface area contributed by atoms with Gasteiger partial charge < -0.3 is 10.2 Å². The molecular formula is C27H29F2N3O4S. The van der Waals surface area contributed by atoms with Crippen LogP contribution < -0.4 is 9.62 Å². The van der Waals surface area contributed by atoms with Crippen molar-refractivity contribution in [2.24, 2.45) is 0 Å². The van der Waals surface area contributed by atoms with Crippen molar-refractivity contribution in [2.75, 3.05) is 17.4 Å². The number of nitrogens with zero attached hydrogens (tertiary/aromatic N) is 2. The topological polar surface area (TPSA) is 86.8 Å². The molecule has 0 fully saturated rings. The van der Waals surface area contributed by atoms with Gasteiger partial charge in [-0.2, -0.15) is 0 Å². The number of carbonyl (C=O) groups excluding carboxylic acids is 2. The van der Waals surface area contributed by atoms with Gasteiger partial charge in [-0.15, -0.1) is 0 Å². The van der Waals surface area contributed by atoms with E-state index in [-0.39, 0.29) is 17.1 Å². The molecule has 7 nitrogen and oxygen atoms in total. The molecule has 3 rings (SSSR count). The van der Waals surface area contributed by atoms with Crippen LogP contribution in [0.25, 0.3) is 0 Å². The molecule has 3 aromatic carbocycles. The van der Waals surface area contributed by atoms with E-state index in [0.717, 1.165) is 16.4 Å². The summed E-state index contributed by atoms with van der Waals surface area (Å²) >= 11 is 0. The zero-order valence-corrected chi connectivity index (χ0v) is 21.4. The molecule has 196 valence electrons. The summed E-state index contributed by atoms with van der Waals surface area (Å²) in [6, 6.07) is 16.8. The minimum atomic E-state index is -4.22. The SMILES string of the molecule is CCCNC(=O)C(C)N(Cc1ccc(F)cc1)C(=O)CN(c1ccc(F)cc1)S(=O)(=O)c1ccccc1. The number of nitrogens with one attached hydrogen (secondary N) is 1. The van der Waals surface area contributed by atoms with Gasteiger partial charge in [0.05, 0.1) is 10.6 Å². The van der Waals surface area contributed by atoms with Crippen LogP contribution in [-0.4, -0.2) is 44.3 Å². The third-order valence-electron chi connectivity index (χ3n) is 5.71. The number of halogens is 2. The van der Waals surface area contributed by atoms with E-state index >= 15 is 0 Å². The Bertz CT molecular complexity index is 1300. The van der Waals surface area contributed by atoms with Crippen molar-refractivity contribution in [3.05, 3.63) is 96.1 Å². The number of carbonyl (C=O) groups is 2. The Labute approximate surface area is 215 Å².